The van der Waals surface area contributed by atoms with Crippen molar-refractivity contribution in [1.82, 2.24) is 5.32 Å². The number of benzene rings is 1. The van der Waals surface area contributed by atoms with Crippen molar-refractivity contribution in [3.05, 3.63) is 28.8 Å². The first-order valence-electron chi connectivity index (χ1n) is 4.96. The van der Waals surface area contributed by atoms with Crippen LogP contribution < -0.4 is 15.8 Å². The number of methoxy groups -OCH3 is 1. The van der Waals surface area contributed by atoms with Gasteiger partial charge < -0.3 is 15.8 Å². The molecule has 17 heavy (non-hydrogen) atoms. The van der Waals surface area contributed by atoms with Gasteiger partial charge in [-0.3, -0.25) is 4.79 Å². The molecule has 0 fully saturated rings. The molecule has 0 bridgehead atoms. The van der Waals surface area contributed by atoms with E-state index < -0.39 is 0 Å². The Morgan fingerprint density at radius 3 is 2.76 bits per heavy atom. The molecular weight excluding hydrogens is 263 g/mol. The van der Waals surface area contributed by atoms with Gasteiger partial charge in [0.2, 0.25) is 5.91 Å². The number of carbonyl (C=O) groups excluding carboxylic acids is 1. The average Bonchev–Trinajstić information content (AvgIpc) is 2.27. The molecule has 1 aromatic rings. The molecule has 0 aromatic heterocycles. The van der Waals surface area contributed by atoms with Gasteiger partial charge in [-0.15, -0.1) is 12.4 Å². The summed E-state index contributed by atoms with van der Waals surface area (Å²) < 4.78 is 5.03. The number of amides is 1. The van der Waals surface area contributed by atoms with E-state index in [2.05, 4.69) is 5.32 Å². The van der Waals surface area contributed by atoms with E-state index in [0.717, 1.165) is 5.56 Å². The van der Waals surface area contributed by atoms with Crippen LogP contribution in [0.3, 0.4) is 0 Å². The molecule has 0 unspecified atom stereocenters. The van der Waals surface area contributed by atoms with Gasteiger partial charge in [0.05, 0.1) is 12.1 Å². The molecule has 3 N–H and O–H groups in total. The second kappa shape index (κ2) is 8.17. The number of hydrogen-bond donors (Lipinski definition) is 2. The van der Waals surface area contributed by atoms with E-state index in [0.29, 0.717) is 30.3 Å². The van der Waals surface area contributed by atoms with E-state index in [4.69, 9.17) is 22.1 Å². The predicted octanol–water partition coefficient (Wildman–Crippen LogP) is 1.74. The lowest BCUT2D eigenvalue weighted by atomic mass is 10.2. The number of rotatable bonds is 5. The minimum atomic E-state index is -0.0607. The van der Waals surface area contributed by atoms with Gasteiger partial charge in [0.1, 0.15) is 5.75 Å². The number of halogens is 2. The standard InChI is InChI=1S/C11H15ClN2O2.ClH/c1-16-10-3-2-8(6-9(10)12)7-14-11(15)4-5-13;/h2-3,6H,4-5,7,13H2,1H3,(H,14,15);1H. The second-order valence-electron chi connectivity index (χ2n) is 3.28. The molecule has 0 spiro atoms. The summed E-state index contributed by atoms with van der Waals surface area (Å²) >= 11 is 5.95. The van der Waals surface area contributed by atoms with Gasteiger partial charge in [0, 0.05) is 19.5 Å². The molecule has 0 saturated heterocycles. The normalized spacial score (nSPS) is 9.35. The van der Waals surface area contributed by atoms with Crippen molar-refractivity contribution in [2.45, 2.75) is 13.0 Å². The third-order valence-electron chi connectivity index (χ3n) is 2.08. The summed E-state index contributed by atoms with van der Waals surface area (Å²) in [5.74, 6) is 0.563. The van der Waals surface area contributed by atoms with Crippen LogP contribution in [-0.4, -0.2) is 19.6 Å². The summed E-state index contributed by atoms with van der Waals surface area (Å²) in [7, 11) is 1.56. The molecule has 1 amide bonds. The van der Waals surface area contributed by atoms with Crippen LogP contribution in [0, 0.1) is 0 Å². The van der Waals surface area contributed by atoms with Crippen LogP contribution in [0.4, 0.5) is 0 Å². The van der Waals surface area contributed by atoms with Gasteiger partial charge in [-0.25, -0.2) is 0 Å². The molecule has 0 atom stereocenters. The second-order valence-corrected chi connectivity index (χ2v) is 3.69. The summed E-state index contributed by atoms with van der Waals surface area (Å²) in [6.45, 7) is 0.803. The Labute approximate surface area is 112 Å². The zero-order chi connectivity index (χ0) is 12.0. The molecular formula is C11H16Cl2N2O2. The minimum Gasteiger partial charge on any atom is -0.495 e. The van der Waals surface area contributed by atoms with Crippen molar-refractivity contribution in [1.29, 1.82) is 0 Å². The molecule has 0 heterocycles. The summed E-state index contributed by atoms with van der Waals surface area (Å²) in [6.07, 6.45) is 0.337. The Kier molecular flexibility index (Phi) is 7.70. The predicted molar refractivity (Wildman–Crippen MR) is 70.8 cm³/mol. The van der Waals surface area contributed by atoms with E-state index in [1.807, 2.05) is 6.07 Å². The molecule has 1 aromatic carbocycles. The lowest BCUT2D eigenvalue weighted by Gasteiger charge is -2.07. The first-order chi connectivity index (χ1) is 7.67. The third kappa shape index (κ3) is 5.26. The van der Waals surface area contributed by atoms with Crippen LogP contribution in [0.1, 0.15) is 12.0 Å². The fourth-order valence-corrected chi connectivity index (χ4v) is 1.52. The average molecular weight is 279 g/mol. The van der Waals surface area contributed by atoms with E-state index in [1.54, 1.807) is 19.2 Å². The van der Waals surface area contributed by atoms with Gasteiger partial charge in [-0.2, -0.15) is 0 Å². The maximum atomic E-state index is 11.2. The first kappa shape index (κ1) is 16.0. The molecule has 4 nitrogen and oxygen atoms in total. The fourth-order valence-electron chi connectivity index (χ4n) is 1.24. The topological polar surface area (TPSA) is 64.3 Å². The highest BCUT2D eigenvalue weighted by Gasteiger charge is 2.03. The van der Waals surface area contributed by atoms with Gasteiger partial charge >= 0.3 is 0 Å². The van der Waals surface area contributed by atoms with Crippen molar-refractivity contribution in [3.63, 3.8) is 0 Å². The largest absolute Gasteiger partial charge is 0.495 e. The number of carbonyl (C=O) groups is 1. The fraction of sp³-hybridized carbons (Fsp3) is 0.364. The molecule has 0 aliphatic carbocycles. The van der Waals surface area contributed by atoms with Crippen molar-refractivity contribution in [2.24, 2.45) is 5.73 Å². The van der Waals surface area contributed by atoms with Crippen molar-refractivity contribution in [3.8, 4) is 5.75 Å². The summed E-state index contributed by atoms with van der Waals surface area (Å²) in [5.41, 5.74) is 6.19. The Balaban J connectivity index is 0.00000256. The van der Waals surface area contributed by atoms with Crippen LogP contribution in [0.15, 0.2) is 18.2 Å². The summed E-state index contributed by atoms with van der Waals surface area (Å²) in [4.78, 5) is 11.2. The Bertz CT molecular complexity index is 372. The van der Waals surface area contributed by atoms with Crippen LogP contribution in [0.2, 0.25) is 5.02 Å². The third-order valence-corrected chi connectivity index (χ3v) is 2.37. The zero-order valence-electron chi connectivity index (χ0n) is 9.53. The van der Waals surface area contributed by atoms with Crippen molar-refractivity contribution in [2.75, 3.05) is 13.7 Å². The van der Waals surface area contributed by atoms with Gasteiger partial charge in [-0.1, -0.05) is 17.7 Å². The van der Waals surface area contributed by atoms with Gasteiger partial charge in [0.15, 0.2) is 0 Å². The summed E-state index contributed by atoms with van der Waals surface area (Å²) in [5, 5.41) is 3.28. The Morgan fingerprint density at radius 1 is 1.53 bits per heavy atom. The molecule has 0 aliphatic rings. The van der Waals surface area contributed by atoms with E-state index >= 15 is 0 Å². The van der Waals surface area contributed by atoms with Crippen LogP contribution >= 0.6 is 24.0 Å². The van der Waals surface area contributed by atoms with Gasteiger partial charge in [0.25, 0.3) is 0 Å². The van der Waals surface area contributed by atoms with Crippen LogP contribution in [0.5, 0.6) is 5.75 Å². The quantitative estimate of drug-likeness (QED) is 0.862. The Morgan fingerprint density at radius 2 is 2.24 bits per heavy atom. The maximum Gasteiger partial charge on any atom is 0.221 e. The Hall–Kier alpha value is -0.970. The van der Waals surface area contributed by atoms with E-state index in [1.165, 1.54) is 0 Å². The molecule has 6 heteroatoms. The molecule has 96 valence electrons. The smallest absolute Gasteiger partial charge is 0.221 e. The lowest BCUT2D eigenvalue weighted by molar-refractivity contribution is -0.121. The minimum absolute atomic E-state index is 0. The lowest BCUT2D eigenvalue weighted by Crippen LogP contribution is -2.24. The number of nitrogens with two attached hydrogens (primary N) is 1. The highest BCUT2D eigenvalue weighted by Crippen LogP contribution is 2.24. The highest BCUT2D eigenvalue weighted by atomic mass is 35.5. The van der Waals surface area contributed by atoms with Gasteiger partial charge in [-0.05, 0) is 17.7 Å². The highest BCUT2D eigenvalue weighted by molar-refractivity contribution is 6.32. The molecule has 1 rings (SSSR count). The number of hydrogen-bond acceptors (Lipinski definition) is 3. The summed E-state index contributed by atoms with van der Waals surface area (Å²) in [6, 6.07) is 5.39. The molecule has 0 aliphatic heterocycles. The zero-order valence-corrected chi connectivity index (χ0v) is 11.1. The number of ether oxygens (including phenoxy) is 1. The van der Waals surface area contributed by atoms with Crippen LogP contribution in [-0.2, 0) is 11.3 Å². The number of nitrogens with one attached hydrogen (secondary N) is 1. The van der Waals surface area contributed by atoms with Crippen molar-refractivity contribution < 1.29 is 9.53 Å². The molecule has 0 radical (unpaired) electrons. The first-order valence-corrected chi connectivity index (χ1v) is 5.34. The van der Waals surface area contributed by atoms with E-state index in [-0.39, 0.29) is 18.3 Å². The monoisotopic (exact) mass is 278 g/mol. The maximum absolute atomic E-state index is 11.2. The SMILES string of the molecule is COc1ccc(CNC(=O)CCN)cc1Cl.Cl. The molecule has 0 saturated carbocycles. The van der Waals surface area contributed by atoms with Crippen LogP contribution in [0.25, 0.3) is 0 Å². The van der Waals surface area contributed by atoms with E-state index in [9.17, 15) is 4.79 Å². The van der Waals surface area contributed by atoms with Crippen molar-refractivity contribution >= 4 is 29.9 Å².